The lowest BCUT2D eigenvalue weighted by molar-refractivity contribution is -0.122. The third-order valence-electron chi connectivity index (χ3n) is 3.67. The van der Waals surface area contributed by atoms with Crippen molar-refractivity contribution in [3.8, 4) is 5.75 Å². The first kappa shape index (κ1) is 12.3. The van der Waals surface area contributed by atoms with Crippen molar-refractivity contribution in [2.75, 3.05) is 30.3 Å². The number of benzene rings is 1. The quantitative estimate of drug-likeness (QED) is 0.770. The molecule has 1 fully saturated rings. The minimum Gasteiger partial charge on any atom is -0.479 e. The summed E-state index contributed by atoms with van der Waals surface area (Å²) >= 11 is 0. The zero-order valence-electron chi connectivity index (χ0n) is 11.0. The number of anilines is 2. The van der Waals surface area contributed by atoms with Crippen molar-refractivity contribution in [3.05, 3.63) is 18.2 Å². The number of hydrogen-bond acceptors (Lipinski definition) is 4. The molecule has 1 aromatic carbocycles. The summed E-state index contributed by atoms with van der Waals surface area (Å²) in [6.45, 7) is 4.89. The summed E-state index contributed by atoms with van der Waals surface area (Å²) < 4.78 is 5.53. The van der Waals surface area contributed by atoms with E-state index in [-0.39, 0.29) is 5.91 Å². The molecule has 0 aliphatic carbocycles. The number of ether oxygens (including phenoxy) is 1. The van der Waals surface area contributed by atoms with Crippen molar-refractivity contribution in [2.45, 2.75) is 19.4 Å². The van der Waals surface area contributed by atoms with E-state index in [4.69, 9.17) is 4.74 Å². The monoisotopic (exact) mass is 261 g/mol. The Kier molecular flexibility index (Phi) is 3.29. The Balaban J connectivity index is 1.67. The molecule has 2 atom stereocenters. The summed E-state index contributed by atoms with van der Waals surface area (Å²) in [4.78, 5) is 11.6. The van der Waals surface area contributed by atoms with Crippen molar-refractivity contribution in [3.63, 3.8) is 0 Å². The predicted molar refractivity (Wildman–Crippen MR) is 74.6 cm³/mol. The smallest absolute Gasteiger partial charge is 0.265 e. The van der Waals surface area contributed by atoms with E-state index in [0.29, 0.717) is 5.92 Å². The number of amides is 1. The maximum Gasteiger partial charge on any atom is 0.265 e. The molecule has 0 bridgehead atoms. The van der Waals surface area contributed by atoms with Gasteiger partial charge in [0.15, 0.2) is 6.10 Å². The van der Waals surface area contributed by atoms with Gasteiger partial charge in [0.25, 0.3) is 5.91 Å². The zero-order chi connectivity index (χ0) is 13.2. The van der Waals surface area contributed by atoms with Gasteiger partial charge in [0.1, 0.15) is 5.75 Å². The van der Waals surface area contributed by atoms with Crippen LogP contribution in [0, 0.1) is 5.92 Å². The molecule has 5 nitrogen and oxygen atoms in total. The summed E-state index contributed by atoms with van der Waals surface area (Å²) in [5.74, 6) is 1.33. The van der Waals surface area contributed by atoms with Crippen molar-refractivity contribution >= 4 is 17.3 Å². The van der Waals surface area contributed by atoms with Crippen molar-refractivity contribution in [2.24, 2.45) is 5.92 Å². The Morgan fingerprint density at radius 2 is 2.37 bits per heavy atom. The SMILES string of the molecule is CC1Oc2ccc(NCC3CCNC3)cc2NC1=O. The third kappa shape index (κ3) is 2.66. The first-order valence-electron chi connectivity index (χ1n) is 6.78. The van der Waals surface area contributed by atoms with Crippen molar-refractivity contribution < 1.29 is 9.53 Å². The van der Waals surface area contributed by atoms with Crippen LogP contribution in [-0.2, 0) is 4.79 Å². The molecule has 19 heavy (non-hydrogen) atoms. The summed E-state index contributed by atoms with van der Waals surface area (Å²) in [6.07, 6.45) is 0.797. The second-order valence-corrected chi connectivity index (χ2v) is 5.20. The number of rotatable bonds is 3. The van der Waals surface area contributed by atoms with Crippen LogP contribution in [0.25, 0.3) is 0 Å². The van der Waals surface area contributed by atoms with Crippen molar-refractivity contribution in [1.29, 1.82) is 0 Å². The molecule has 3 rings (SSSR count). The van der Waals surface area contributed by atoms with E-state index in [2.05, 4.69) is 16.0 Å². The topological polar surface area (TPSA) is 62.4 Å². The summed E-state index contributed by atoms with van der Waals surface area (Å²) in [5.41, 5.74) is 1.77. The normalized spacial score (nSPS) is 25.4. The van der Waals surface area contributed by atoms with E-state index in [0.717, 1.165) is 36.8 Å². The Bertz CT molecular complexity index is 484. The minimum absolute atomic E-state index is 0.0929. The molecule has 102 valence electrons. The number of carbonyl (C=O) groups excluding carboxylic acids is 1. The zero-order valence-corrected chi connectivity index (χ0v) is 11.0. The number of nitrogens with one attached hydrogen (secondary N) is 3. The van der Waals surface area contributed by atoms with Crippen LogP contribution in [0.4, 0.5) is 11.4 Å². The highest BCUT2D eigenvalue weighted by Crippen LogP contribution is 2.32. The molecule has 1 saturated heterocycles. The number of fused-ring (bicyclic) bond motifs is 1. The first-order chi connectivity index (χ1) is 9.22. The molecular formula is C14H19N3O2. The fourth-order valence-corrected chi connectivity index (χ4v) is 2.47. The standard InChI is InChI=1S/C14H19N3O2/c1-9-14(18)17-12-6-11(2-3-13(12)19-9)16-8-10-4-5-15-7-10/h2-3,6,9-10,15-16H,4-5,7-8H2,1H3,(H,17,18). The summed E-state index contributed by atoms with van der Waals surface area (Å²) in [5, 5.41) is 9.63. The van der Waals surface area contributed by atoms with Gasteiger partial charge >= 0.3 is 0 Å². The lowest BCUT2D eigenvalue weighted by atomic mass is 10.1. The van der Waals surface area contributed by atoms with Gasteiger partial charge in [-0.3, -0.25) is 4.79 Å². The minimum atomic E-state index is -0.420. The predicted octanol–water partition coefficient (Wildman–Crippen LogP) is 1.43. The maximum atomic E-state index is 11.6. The van der Waals surface area contributed by atoms with Gasteiger partial charge < -0.3 is 20.7 Å². The Morgan fingerprint density at radius 3 is 3.16 bits per heavy atom. The average molecular weight is 261 g/mol. The third-order valence-corrected chi connectivity index (χ3v) is 3.67. The molecule has 3 N–H and O–H groups in total. The highest BCUT2D eigenvalue weighted by Gasteiger charge is 2.23. The Hall–Kier alpha value is -1.75. The molecule has 0 spiro atoms. The van der Waals surface area contributed by atoms with Gasteiger partial charge in [-0.15, -0.1) is 0 Å². The molecule has 0 radical (unpaired) electrons. The van der Waals surface area contributed by atoms with Crippen molar-refractivity contribution in [1.82, 2.24) is 5.32 Å². The van der Waals surface area contributed by atoms with Crippen LogP contribution in [-0.4, -0.2) is 31.6 Å². The Morgan fingerprint density at radius 1 is 1.47 bits per heavy atom. The van der Waals surface area contributed by atoms with E-state index < -0.39 is 6.10 Å². The molecule has 0 aromatic heterocycles. The summed E-state index contributed by atoms with van der Waals surface area (Å²) in [7, 11) is 0. The molecule has 2 heterocycles. The maximum absolute atomic E-state index is 11.6. The van der Waals surface area contributed by atoms with Crippen LogP contribution in [0.1, 0.15) is 13.3 Å². The average Bonchev–Trinajstić information content (AvgIpc) is 2.91. The van der Waals surface area contributed by atoms with Gasteiger partial charge in [-0.1, -0.05) is 0 Å². The second-order valence-electron chi connectivity index (χ2n) is 5.20. The number of carbonyl (C=O) groups is 1. The lowest BCUT2D eigenvalue weighted by Crippen LogP contribution is -2.34. The molecule has 2 aliphatic rings. The van der Waals surface area contributed by atoms with E-state index in [1.807, 2.05) is 18.2 Å². The van der Waals surface area contributed by atoms with Gasteiger partial charge in [0, 0.05) is 12.2 Å². The van der Waals surface area contributed by atoms with E-state index in [1.54, 1.807) is 6.92 Å². The molecule has 1 amide bonds. The molecule has 1 aromatic rings. The Labute approximate surface area is 112 Å². The van der Waals surface area contributed by atoms with E-state index in [1.165, 1.54) is 6.42 Å². The number of hydrogen-bond donors (Lipinski definition) is 3. The largest absolute Gasteiger partial charge is 0.479 e. The van der Waals surface area contributed by atoms with Gasteiger partial charge in [-0.2, -0.15) is 0 Å². The van der Waals surface area contributed by atoms with Crippen LogP contribution in [0.3, 0.4) is 0 Å². The second kappa shape index (κ2) is 5.09. The first-order valence-corrected chi connectivity index (χ1v) is 6.78. The van der Waals surface area contributed by atoms with Crippen LogP contribution in [0.5, 0.6) is 5.75 Å². The van der Waals surface area contributed by atoms with E-state index in [9.17, 15) is 4.79 Å². The fourth-order valence-electron chi connectivity index (χ4n) is 2.47. The summed E-state index contributed by atoms with van der Waals surface area (Å²) in [6, 6.07) is 5.83. The highest BCUT2D eigenvalue weighted by atomic mass is 16.5. The van der Waals surface area contributed by atoms with E-state index >= 15 is 0 Å². The van der Waals surface area contributed by atoms with Crippen LogP contribution in [0.2, 0.25) is 0 Å². The molecule has 0 saturated carbocycles. The molecular weight excluding hydrogens is 242 g/mol. The van der Waals surface area contributed by atoms with Crippen LogP contribution in [0.15, 0.2) is 18.2 Å². The van der Waals surface area contributed by atoms with Crippen LogP contribution >= 0.6 is 0 Å². The lowest BCUT2D eigenvalue weighted by Gasteiger charge is -2.24. The van der Waals surface area contributed by atoms with Gasteiger partial charge in [-0.25, -0.2) is 0 Å². The van der Waals surface area contributed by atoms with Gasteiger partial charge in [0.2, 0.25) is 0 Å². The molecule has 2 unspecified atom stereocenters. The fraction of sp³-hybridized carbons (Fsp3) is 0.500. The van der Waals surface area contributed by atoms with Crippen LogP contribution < -0.4 is 20.7 Å². The van der Waals surface area contributed by atoms with Gasteiger partial charge in [-0.05, 0) is 50.6 Å². The highest BCUT2D eigenvalue weighted by molar-refractivity contribution is 5.98. The molecule has 5 heteroatoms. The molecule has 2 aliphatic heterocycles. The van der Waals surface area contributed by atoms with Gasteiger partial charge in [0.05, 0.1) is 5.69 Å².